The van der Waals surface area contributed by atoms with Crippen LogP contribution in [0.15, 0.2) is 65.1 Å². The third kappa shape index (κ3) is 11.6. The highest BCUT2D eigenvalue weighted by Gasteiger charge is 2.53. The second-order valence-electron chi connectivity index (χ2n) is 14.2. The molecule has 0 saturated carbocycles. The van der Waals surface area contributed by atoms with Crippen LogP contribution < -0.4 is 15.7 Å². The van der Waals surface area contributed by atoms with Crippen molar-refractivity contribution in [3.8, 4) is 23.0 Å². The van der Waals surface area contributed by atoms with Gasteiger partial charge >= 0.3 is 21.9 Å². The molecule has 2 saturated heterocycles. The van der Waals surface area contributed by atoms with E-state index in [1.54, 1.807) is 27.7 Å². The Balaban J connectivity index is 0.000000210. The van der Waals surface area contributed by atoms with Gasteiger partial charge in [0.1, 0.15) is 63.7 Å². The summed E-state index contributed by atoms with van der Waals surface area (Å²) in [6.07, 6.45) is 0. The Morgan fingerprint density at radius 3 is 1.41 bits per heavy atom. The zero-order valence-electron chi connectivity index (χ0n) is 31.4. The number of aromatic hydroxyl groups is 2. The maximum absolute atomic E-state index is 13.7. The summed E-state index contributed by atoms with van der Waals surface area (Å²) >= 11 is 2.65. The number of hydrogen-bond donors (Lipinski definition) is 4. The average Bonchev–Trinajstić information content (AvgIpc) is 3.41. The summed E-state index contributed by atoms with van der Waals surface area (Å²) in [5, 5.41) is 35.3. The van der Waals surface area contributed by atoms with Crippen LogP contribution >= 0.6 is 15.9 Å². The van der Waals surface area contributed by atoms with Crippen molar-refractivity contribution >= 4 is 48.8 Å². The Bertz CT molecular complexity index is 1910. The van der Waals surface area contributed by atoms with E-state index < -0.39 is 83.1 Å². The van der Waals surface area contributed by atoms with Crippen LogP contribution in [0.3, 0.4) is 0 Å². The monoisotopic (exact) mass is 859 g/mol. The first-order valence-electron chi connectivity index (χ1n) is 16.5. The molecule has 4 N–H and O–H groups in total. The molecular formula is C36H38B3BrF7O9. The Morgan fingerprint density at radius 2 is 1.04 bits per heavy atom. The first kappa shape index (κ1) is 46.6. The van der Waals surface area contributed by atoms with Gasteiger partial charge in [0.05, 0.1) is 37.8 Å². The topological polar surface area (TPSA) is 127 Å². The number of ether oxygens (including phenoxy) is 1. The minimum absolute atomic E-state index is 0.0658. The lowest BCUT2D eigenvalue weighted by Crippen LogP contribution is -2.41. The summed E-state index contributed by atoms with van der Waals surface area (Å²) in [5.41, 5.74) is -2.90. The van der Waals surface area contributed by atoms with E-state index in [2.05, 4.69) is 15.9 Å². The van der Waals surface area contributed by atoms with E-state index in [9.17, 15) is 30.7 Å². The van der Waals surface area contributed by atoms with Crippen LogP contribution in [0.4, 0.5) is 30.7 Å². The van der Waals surface area contributed by atoms with E-state index >= 15 is 0 Å². The predicted molar refractivity (Wildman–Crippen MR) is 198 cm³/mol. The number of hydrogen-bond acceptors (Lipinski definition) is 9. The van der Waals surface area contributed by atoms with E-state index in [1.165, 1.54) is 25.9 Å². The van der Waals surface area contributed by atoms with Crippen LogP contribution in [-0.4, -0.2) is 64.6 Å². The Labute approximate surface area is 329 Å². The number of phenolic OH excluding ortho intramolecular Hbond substituents is 2. The Kier molecular flexibility index (Phi) is 15.2. The molecule has 0 bridgehead atoms. The van der Waals surface area contributed by atoms with Crippen molar-refractivity contribution < 1.29 is 74.3 Å². The quantitative estimate of drug-likeness (QED) is 0.0966. The zero-order chi connectivity index (χ0) is 42.6. The molecule has 0 amide bonds. The molecule has 2 fully saturated rings. The maximum atomic E-state index is 13.7. The van der Waals surface area contributed by atoms with Gasteiger partial charge < -0.3 is 43.6 Å². The van der Waals surface area contributed by atoms with Crippen molar-refractivity contribution in [2.75, 3.05) is 0 Å². The molecule has 20 heteroatoms. The fraction of sp³-hybridized carbons (Fsp3) is 0.333. The lowest BCUT2D eigenvalue weighted by Gasteiger charge is -2.32. The second-order valence-corrected chi connectivity index (χ2v) is 15.0. The molecule has 0 unspecified atom stereocenters. The number of benzene rings is 4. The molecule has 0 aromatic heterocycles. The van der Waals surface area contributed by atoms with Gasteiger partial charge in [-0.2, -0.15) is 0 Å². The molecule has 2 aliphatic heterocycles. The number of halogens is 8. The molecule has 0 atom stereocenters. The molecule has 9 nitrogen and oxygen atoms in total. The van der Waals surface area contributed by atoms with Gasteiger partial charge in [-0.3, -0.25) is 0 Å². The van der Waals surface area contributed by atoms with Crippen molar-refractivity contribution in [2.45, 2.75) is 77.8 Å². The Hall–Kier alpha value is -3.78. The van der Waals surface area contributed by atoms with E-state index in [-0.39, 0.29) is 32.6 Å². The van der Waals surface area contributed by atoms with Crippen LogP contribution in [0.1, 0.15) is 55.4 Å². The van der Waals surface area contributed by atoms with E-state index in [1.807, 2.05) is 27.7 Å². The van der Waals surface area contributed by atoms with Crippen LogP contribution in [0, 0.1) is 40.7 Å². The van der Waals surface area contributed by atoms with Crippen molar-refractivity contribution in [3.05, 3.63) is 106 Å². The summed E-state index contributed by atoms with van der Waals surface area (Å²) < 4.78 is 118. The summed E-state index contributed by atoms with van der Waals surface area (Å²) in [5.74, 6) is -7.31. The third-order valence-electron chi connectivity index (χ3n) is 9.00. The van der Waals surface area contributed by atoms with Crippen LogP contribution in [0.2, 0.25) is 0 Å². The van der Waals surface area contributed by atoms with Crippen molar-refractivity contribution in [1.29, 1.82) is 0 Å². The first-order valence-corrected chi connectivity index (χ1v) is 17.3. The second kappa shape index (κ2) is 18.2. The lowest BCUT2D eigenvalue weighted by molar-refractivity contribution is 0.00578. The molecule has 1 radical (unpaired) electrons. The fourth-order valence-electron chi connectivity index (χ4n) is 4.38. The molecule has 4 aromatic carbocycles. The molecular weight excluding hydrogens is 822 g/mol. The molecule has 0 aliphatic carbocycles. The van der Waals surface area contributed by atoms with Crippen molar-refractivity contribution in [2.24, 2.45) is 0 Å². The van der Waals surface area contributed by atoms with Gasteiger partial charge in [0.25, 0.3) is 0 Å². The highest BCUT2D eigenvalue weighted by atomic mass is 79.9. The van der Waals surface area contributed by atoms with Gasteiger partial charge in [-0.25, -0.2) is 30.7 Å². The minimum Gasteiger partial charge on any atom is -0.508 e. The van der Waals surface area contributed by atoms with Gasteiger partial charge in [0.15, 0.2) is 0 Å². The average molecular weight is 860 g/mol. The van der Waals surface area contributed by atoms with Crippen LogP contribution in [-0.2, 0) is 18.6 Å². The largest absolute Gasteiger partial charge is 0.508 e. The van der Waals surface area contributed by atoms with E-state index in [0.717, 1.165) is 42.5 Å². The third-order valence-corrected chi connectivity index (χ3v) is 9.76. The smallest absolute Gasteiger partial charge is 0.500 e. The summed E-state index contributed by atoms with van der Waals surface area (Å²) in [4.78, 5) is 0. The molecule has 2 heterocycles. The van der Waals surface area contributed by atoms with E-state index in [0.29, 0.717) is 0 Å². The van der Waals surface area contributed by atoms with Gasteiger partial charge in [-0.1, -0.05) is 6.07 Å². The maximum Gasteiger partial charge on any atom is 0.500 e. The minimum atomic E-state index is -2.26. The fourth-order valence-corrected chi connectivity index (χ4v) is 4.61. The molecule has 301 valence electrons. The van der Waals surface area contributed by atoms with Gasteiger partial charge in [-0.05, 0) is 83.5 Å². The molecule has 0 spiro atoms. The normalized spacial score (nSPS) is 16.9. The van der Waals surface area contributed by atoms with Crippen LogP contribution in [0.5, 0.6) is 23.0 Å². The predicted octanol–water partition coefficient (Wildman–Crippen LogP) is 7.10. The van der Waals surface area contributed by atoms with Crippen molar-refractivity contribution in [3.63, 3.8) is 0 Å². The highest BCUT2D eigenvalue weighted by molar-refractivity contribution is 9.10. The van der Waals surface area contributed by atoms with Gasteiger partial charge in [-0.15, -0.1) is 0 Å². The molecule has 6 rings (SSSR count). The summed E-state index contributed by atoms with van der Waals surface area (Å²) in [7, 11) is -1.96. The molecule has 56 heavy (non-hydrogen) atoms. The highest BCUT2D eigenvalue weighted by Crippen LogP contribution is 2.37. The standard InChI is InChI=1S/C12H8BF3O3.C12H15BF2O3.C6H12BO2.C6H3BrF2O/c14-7-2-1-3-8(4-7)19-9-5-10(15)12(13(17)18)11(16)6-9;1-11(2)12(3,4)18-13(17-11)10-8(14)5-7(16)6-9(10)15;1-5(2)6(3,4)9-7-8-5;7-6-4(8)1-3(10)2-5(6)9/h1-6,17-18H;5-6,16H,1-4H3;1-4H3;1-2,10H. The van der Waals surface area contributed by atoms with Gasteiger partial charge in [0.2, 0.25) is 0 Å². The van der Waals surface area contributed by atoms with Crippen LogP contribution in [0.25, 0.3) is 0 Å². The summed E-state index contributed by atoms with van der Waals surface area (Å²) in [6, 6.07) is 9.92. The Morgan fingerprint density at radius 1 is 0.607 bits per heavy atom. The first-order chi connectivity index (χ1) is 25.7. The van der Waals surface area contributed by atoms with E-state index in [4.69, 9.17) is 43.6 Å². The number of phenols is 2. The zero-order valence-corrected chi connectivity index (χ0v) is 32.9. The SMILES string of the molecule is CC1(C)OB(c2c(F)cc(O)cc2F)OC1(C)C.CC1(C)O[B]OC1(C)C.OB(O)c1c(F)cc(Oc2cccc(F)c2)cc1F.Oc1cc(F)c(Br)c(F)c1. The lowest BCUT2D eigenvalue weighted by atomic mass is 9.78. The van der Waals surface area contributed by atoms with Crippen molar-refractivity contribution in [1.82, 2.24) is 0 Å². The summed E-state index contributed by atoms with van der Waals surface area (Å²) in [6.45, 7) is 15.2. The molecule has 2 aliphatic rings. The van der Waals surface area contributed by atoms with Gasteiger partial charge in [0, 0.05) is 42.5 Å². The number of rotatable bonds is 4. The molecule has 4 aromatic rings.